The van der Waals surface area contributed by atoms with E-state index in [1.165, 1.54) is 6.07 Å². The highest BCUT2D eigenvalue weighted by Crippen LogP contribution is 2.48. The third-order valence-electron chi connectivity index (χ3n) is 4.09. The van der Waals surface area contributed by atoms with Crippen LogP contribution in [0.15, 0.2) is 81.7 Å². The molecule has 28 heavy (non-hydrogen) atoms. The van der Waals surface area contributed by atoms with Gasteiger partial charge in [-0.1, -0.05) is 47.8 Å². The lowest BCUT2D eigenvalue weighted by atomic mass is 10.2. The quantitative estimate of drug-likeness (QED) is 0.487. The minimum atomic E-state index is -4.43. The second-order valence-electron chi connectivity index (χ2n) is 5.94. The zero-order chi connectivity index (χ0) is 19.7. The smallest absolute Gasteiger partial charge is 0.278 e. The van der Waals surface area contributed by atoms with Crippen LogP contribution in [0.3, 0.4) is 0 Å². The molecule has 1 aliphatic rings. The largest absolute Gasteiger partial charge is 0.417 e. The molecule has 0 saturated heterocycles. The van der Waals surface area contributed by atoms with Gasteiger partial charge in [-0.25, -0.2) is 4.98 Å². The monoisotopic (exact) mass is 418 g/mol. The van der Waals surface area contributed by atoms with Crippen molar-refractivity contribution in [1.82, 2.24) is 4.98 Å². The van der Waals surface area contributed by atoms with E-state index in [9.17, 15) is 18.0 Å². The zero-order valence-corrected chi connectivity index (χ0v) is 15.9. The van der Waals surface area contributed by atoms with E-state index in [0.717, 1.165) is 45.2 Å². The molecule has 2 heterocycles. The molecule has 1 aliphatic heterocycles. The number of carbonyl (C=O) groups is 1. The van der Waals surface area contributed by atoms with Crippen molar-refractivity contribution in [1.29, 1.82) is 0 Å². The van der Waals surface area contributed by atoms with Crippen molar-refractivity contribution >= 4 is 40.8 Å². The molecule has 0 saturated carbocycles. The van der Waals surface area contributed by atoms with E-state index in [2.05, 4.69) is 4.98 Å². The number of amides is 1. The number of anilines is 2. The first-order valence-electron chi connectivity index (χ1n) is 8.28. The van der Waals surface area contributed by atoms with Crippen LogP contribution < -0.4 is 4.90 Å². The minimum absolute atomic E-state index is 0.0612. The molecule has 8 heteroatoms. The summed E-state index contributed by atoms with van der Waals surface area (Å²) in [5, 5.41) is 0.370. The number of hydrogen-bond donors (Lipinski definition) is 0. The lowest BCUT2D eigenvalue weighted by Crippen LogP contribution is -2.30. The van der Waals surface area contributed by atoms with Gasteiger partial charge >= 0.3 is 6.18 Å². The van der Waals surface area contributed by atoms with Gasteiger partial charge in [-0.05, 0) is 36.4 Å². The van der Waals surface area contributed by atoms with Crippen LogP contribution >= 0.6 is 23.5 Å². The molecule has 142 valence electrons. The first-order chi connectivity index (χ1) is 13.4. The second kappa shape index (κ2) is 7.52. The first-order valence-corrected chi connectivity index (χ1v) is 10.1. The van der Waals surface area contributed by atoms with Crippen molar-refractivity contribution in [3.8, 4) is 0 Å². The highest BCUT2D eigenvalue weighted by Gasteiger charge is 2.31. The van der Waals surface area contributed by atoms with Gasteiger partial charge in [0.05, 0.1) is 27.7 Å². The molecule has 1 aromatic heterocycles. The van der Waals surface area contributed by atoms with E-state index in [1.54, 1.807) is 16.7 Å². The zero-order valence-electron chi connectivity index (χ0n) is 14.3. The van der Waals surface area contributed by atoms with Gasteiger partial charge in [0, 0.05) is 16.0 Å². The van der Waals surface area contributed by atoms with Crippen molar-refractivity contribution in [2.45, 2.75) is 21.0 Å². The Morgan fingerprint density at radius 2 is 1.57 bits per heavy atom. The predicted octanol–water partition coefficient (Wildman–Crippen LogP) is 6.02. The van der Waals surface area contributed by atoms with Crippen molar-refractivity contribution in [3.05, 3.63) is 72.4 Å². The van der Waals surface area contributed by atoms with Crippen LogP contribution in [0.5, 0.6) is 0 Å². The van der Waals surface area contributed by atoms with E-state index < -0.39 is 11.7 Å². The van der Waals surface area contributed by atoms with Crippen molar-refractivity contribution < 1.29 is 18.0 Å². The van der Waals surface area contributed by atoms with Gasteiger partial charge in [-0.15, -0.1) is 0 Å². The fraction of sp³-hybridized carbons (Fsp3) is 0.100. The topological polar surface area (TPSA) is 33.2 Å². The van der Waals surface area contributed by atoms with Crippen LogP contribution in [-0.4, -0.2) is 16.6 Å². The summed E-state index contributed by atoms with van der Waals surface area (Å²) in [6.07, 6.45) is -3.64. The summed E-state index contributed by atoms with van der Waals surface area (Å²) in [6.45, 7) is 0. The summed E-state index contributed by atoms with van der Waals surface area (Å²) in [6, 6.07) is 17.5. The number of hydrogen-bond acceptors (Lipinski definition) is 4. The highest BCUT2D eigenvalue weighted by atomic mass is 32.2. The molecule has 0 spiro atoms. The summed E-state index contributed by atoms with van der Waals surface area (Å²) >= 11 is 2.72. The van der Waals surface area contributed by atoms with Crippen LogP contribution in [0.4, 0.5) is 24.5 Å². The molecule has 4 rings (SSSR count). The molecule has 0 bridgehead atoms. The minimum Gasteiger partial charge on any atom is -0.278 e. The molecule has 0 atom stereocenters. The van der Waals surface area contributed by atoms with Crippen molar-refractivity contribution in [3.63, 3.8) is 0 Å². The van der Waals surface area contributed by atoms with Crippen molar-refractivity contribution in [2.75, 3.05) is 10.7 Å². The maximum absolute atomic E-state index is 13.0. The molecule has 0 aliphatic carbocycles. The number of thioether (sulfide) groups is 1. The Labute approximate surface area is 168 Å². The number of nitrogens with zero attached hydrogens (tertiary/aromatic N) is 2. The second-order valence-corrected chi connectivity index (χ2v) is 8.02. The Kier molecular flexibility index (Phi) is 5.07. The van der Waals surface area contributed by atoms with E-state index in [0.29, 0.717) is 5.03 Å². The fourth-order valence-electron chi connectivity index (χ4n) is 2.81. The molecule has 3 nitrogen and oxygen atoms in total. The Hall–Kier alpha value is -2.45. The number of halogens is 3. The Morgan fingerprint density at radius 3 is 2.11 bits per heavy atom. The van der Waals surface area contributed by atoms with Gasteiger partial charge in [0.1, 0.15) is 0 Å². The van der Waals surface area contributed by atoms with Gasteiger partial charge in [0.25, 0.3) is 0 Å². The molecule has 1 amide bonds. The molecule has 3 aromatic rings. The van der Waals surface area contributed by atoms with Crippen LogP contribution in [0.2, 0.25) is 0 Å². The number of fused-ring (bicyclic) bond motifs is 2. The molecular weight excluding hydrogens is 405 g/mol. The SMILES string of the molecule is O=C(CSc1ccc(C(F)(F)F)cn1)N1c2ccccc2Sc2ccccc21. The number of rotatable bonds is 3. The van der Waals surface area contributed by atoms with E-state index in [-0.39, 0.29) is 11.7 Å². The summed E-state index contributed by atoms with van der Waals surface area (Å²) in [5.74, 6) is -0.0991. The van der Waals surface area contributed by atoms with Crippen LogP contribution in [-0.2, 0) is 11.0 Å². The predicted molar refractivity (Wildman–Crippen MR) is 104 cm³/mol. The third-order valence-corrected chi connectivity index (χ3v) is 6.15. The maximum Gasteiger partial charge on any atom is 0.417 e. The average Bonchev–Trinajstić information content (AvgIpc) is 2.70. The number of alkyl halides is 3. The number of benzene rings is 2. The van der Waals surface area contributed by atoms with Crippen molar-refractivity contribution in [2.24, 2.45) is 0 Å². The molecule has 0 fully saturated rings. The third kappa shape index (κ3) is 3.74. The summed E-state index contributed by atoms with van der Waals surface area (Å²) < 4.78 is 37.9. The van der Waals surface area contributed by atoms with Gasteiger partial charge in [0.15, 0.2) is 0 Å². The molecular formula is C20H13F3N2OS2. The van der Waals surface area contributed by atoms with Gasteiger partial charge in [-0.3, -0.25) is 9.69 Å². The van der Waals surface area contributed by atoms with Crippen LogP contribution in [0.25, 0.3) is 0 Å². The Morgan fingerprint density at radius 1 is 0.964 bits per heavy atom. The van der Waals surface area contributed by atoms with E-state index >= 15 is 0 Å². The maximum atomic E-state index is 13.0. The lowest BCUT2D eigenvalue weighted by Gasteiger charge is -2.30. The Balaban J connectivity index is 1.55. The van der Waals surface area contributed by atoms with Crippen LogP contribution in [0, 0.1) is 0 Å². The normalized spacial score (nSPS) is 13.0. The molecule has 2 aromatic carbocycles. The number of pyridine rings is 1. The van der Waals surface area contributed by atoms with E-state index in [4.69, 9.17) is 0 Å². The lowest BCUT2D eigenvalue weighted by molar-refractivity contribution is -0.137. The summed E-state index contributed by atoms with van der Waals surface area (Å²) in [4.78, 5) is 20.5. The average molecular weight is 418 g/mol. The van der Waals surface area contributed by atoms with Gasteiger partial charge in [0.2, 0.25) is 5.91 Å². The summed E-state index contributed by atoms with van der Waals surface area (Å²) in [5.41, 5.74) is 0.799. The van der Waals surface area contributed by atoms with Gasteiger partial charge in [-0.2, -0.15) is 13.2 Å². The summed E-state index contributed by atoms with van der Waals surface area (Å²) in [7, 11) is 0. The van der Waals surface area contributed by atoms with Crippen LogP contribution in [0.1, 0.15) is 5.56 Å². The standard InChI is InChI=1S/C20H13F3N2OS2/c21-20(22,23)13-9-10-18(24-11-13)27-12-19(26)25-14-5-1-3-7-16(14)28-17-8-4-2-6-15(17)25/h1-11H,12H2. The Bertz CT molecular complexity index is 977. The van der Waals surface area contributed by atoms with Gasteiger partial charge < -0.3 is 0 Å². The molecule has 0 N–H and O–H groups in total. The molecule has 0 radical (unpaired) electrons. The number of para-hydroxylation sites is 2. The highest BCUT2D eigenvalue weighted by molar-refractivity contribution is 8.00. The first kappa shape index (κ1) is 18.9. The number of carbonyl (C=O) groups excluding carboxylic acids is 1. The molecule has 0 unspecified atom stereocenters. The fourth-order valence-corrected chi connectivity index (χ4v) is 4.56. The number of aromatic nitrogens is 1. The van der Waals surface area contributed by atoms with E-state index in [1.807, 2.05) is 48.5 Å².